The summed E-state index contributed by atoms with van der Waals surface area (Å²) in [5, 5.41) is 0. The zero-order chi connectivity index (χ0) is 10.5. The molecule has 0 spiro atoms. The first-order valence-corrected chi connectivity index (χ1v) is 5.71. The predicted molar refractivity (Wildman–Crippen MR) is 58.6 cm³/mol. The van der Waals surface area contributed by atoms with Gasteiger partial charge < -0.3 is 0 Å². The average molecular weight is 201 g/mol. The van der Waals surface area contributed by atoms with Crippen LogP contribution in [0.5, 0.6) is 0 Å². The first kappa shape index (κ1) is 12.7. The summed E-state index contributed by atoms with van der Waals surface area (Å²) < 4.78 is 14.3. The van der Waals surface area contributed by atoms with Gasteiger partial charge in [-0.2, -0.15) is 0 Å². The van der Waals surface area contributed by atoms with E-state index in [2.05, 4.69) is 17.6 Å². The van der Waals surface area contributed by atoms with Crippen LogP contribution in [0.4, 0.5) is 0 Å². The monoisotopic (exact) mass is 201 g/mol. The van der Waals surface area contributed by atoms with Crippen molar-refractivity contribution in [1.29, 1.82) is 0 Å². The second kappa shape index (κ2) is 5.41. The molecule has 0 saturated heterocycles. The van der Waals surface area contributed by atoms with Gasteiger partial charge in [0.1, 0.15) is 0 Å². The van der Waals surface area contributed by atoms with Crippen LogP contribution in [0.1, 0.15) is 40.5 Å². The van der Waals surface area contributed by atoms with Crippen LogP contribution in [-0.2, 0) is 11.0 Å². The largest absolute Gasteiger partial charge is 0.242 e. The van der Waals surface area contributed by atoms with E-state index in [9.17, 15) is 4.21 Å². The Hall–Kier alpha value is -0.330. The molecule has 0 aromatic carbocycles. The van der Waals surface area contributed by atoms with Crippen LogP contribution in [0.15, 0.2) is 0 Å². The lowest BCUT2D eigenvalue weighted by atomic mass is 10.2. The fourth-order valence-corrected chi connectivity index (χ4v) is 1.57. The Balaban J connectivity index is 4.12. The maximum atomic E-state index is 11.6. The molecule has 0 rings (SSSR count). The first-order valence-electron chi connectivity index (χ1n) is 4.56. The summed E-state index contributed by atoms with van der Waals surface area (Å²) in [7, 11) is -1.06. The summed E-state index contributed by atoms with van der Waals surface area (Å²) in [6.07, 6.45) is 7.18. The van der Waals surface area contributed by atoms with Crippen LogP contribution >= 0.6 is 0 Å². The Bertz CT molecular complexity index is 212. The number of hydrogen-bond acceptors (Lipinski definition) is 1. The van der Waals surface area contributed by atoms with Gasteiger partial charge in [-0.05, 0) is 27.2 Å². The summed E-state index contributed by atoms with van der Waals surface area (Å²) in [5.41, 5.74) is 0. The Kier molecular flexibility index (Phi) is 5.27. The lowest BCUT2D eigenvalue weighted by molar-refractivity contribution is 0.609. The topological polar surface area (TPSA) is 29.1 Å². The molecule has 0 amide bonds. The molecule has 0 aliphatic carbocycles. The molecule has 0 aromatic heterocycles. The van der Waals surface area contributed by atoms with Gasteiger partial charge in [-0.1, -0.05) is 19.3 Å². The summed E-state index contributed by atoms with van der Waals surface area (Å²) in [5.74, 6) is 2.60. The summed E-state index contributed by atoms with van der Waals surface area (Å²) in [6.45, 7) is 7.84. The number of hydrogen-bond donors (Lipinski definition) is 1. The number of nitrogens with one attached hydrogen (secondary N) is 1. The third-order valence-corrected chi connectivity index (χ3v) is 3.19. The minimum atomic E-state index is -1.06. The van der Waals surface area contributed by atoms with E-state index in [-0.39, 0.29) is 10.8 Å². The van der Waals surface area contributed by atoms with Gasteiger partial charge in [-0.15, -0.1) is 6.42 Å². The highest BCUT2D eigenvalue weighted by Crippen LogP contribution is 2.10. The average Bonchev–Trinajstić information content (AvgIpc) is 2.01. The minimum Gasteiger partial charge on any atom is -0.242 e. The van der Waals surface area contributed by atoms with E-state index >= 15 is 0 Å². The maximum Gasteiger partial charge on any atom is 0.0981 e. The second-order valence-corrected chi connectivity index (χ2v) is 6.00. The van der Waals surface area contributed by atoms with Gasteiger partial charge in [0.2, 0.25) is 0 Å². The van der Waals surface area contributed by atoms with Crippen LogP contribution < -0.4 is 4.72 Å². The highest BCUT2D eigenvalue weighted by molar-refractivity contribution is 7.84. The van der Waals surface area contributed by atoms with E-state index in [0.29, 0.717) is 0 Å². The number of terminal acetylenes is 1. The molecule has 76 valence electrons. The highest BCUT2D eigenvalue weighted by Gasteiger charge is 2.21. The van der Waals surface area contributed by atoms with E-state index in [4.69, 9.17) is 6.42 Å². The van der Waals surface area contributed by atoms with Gasteiger partial charge in [0.15, 0.2) is 0 Å². The first-order chi connectivity index (χ1) is 5.91. The van der Waals surface area contributed by atoms with Crippen molar-refractivity contribution in [1.82, 2.24) is 4.72 Å². The van der Waals surface area contributed by atoms with Gasteiger partial charge in [0.05, 0.1) is 21.8 Å². The molecule has 0 aliphatic heterocycles. The molecule has 0 heterocycles. The molecule has 0 radical (unpaired) electrons. The molecule has 2 unspecified atom stereocenters. The fourth-order valence-electron chi connectivity index (χ4n) is 0.771. The molecule has 0 fully saturated rings. The van der Waals surface area contributed by atoms with Gasteiger partial charge in [0, 0.05) is 0 Å². The zero-order valence-corrected chi connectivity index (χ0v) is 9.70. The van der Waals surface area contributed by atoms with E-state index < -0.39 is 11.0 Å². The summed E-state index contributed by atoms with van der Waals surface area (Å²) >= 11 is 0. The molecule has 2 atom stereocenters. The van der Waals surface area contributed by atoms with Crippen LogP contribution in [0.25, 0.3) is 0 Å². The molecule has 13 heavy (non-hydrogen) atoms. The van der Waals surface area contributed by atoms with E-state index in [1.54, 1.807) is 0 Å². The van der Waals surface area contributed by atoms with Crippen molar-refractivity contribution in [2.24, 2.45) is 0 Å². The molecular weight excluding hydrogens is 182 g/mol. The smallest absolute Gasteiger partial charge is 0.0981 e. The standard InChI is InChI=1S/C10H19NOS/c1-6-8-9(7-2)11-13(12)10(3,4)5/h2,9,11H,6,8H2,1,3-5H3. The van der Waals surface area contributed by atoms with E-state index in [0.717, 1.165) is 12.8 Å². The molecular formula is C10H19NOS. The van der Waals surface area contributed by atoms with Crippen molar-refractivity contribution < 1.29 is 4.21 Å². The Morgan fingerprint density at radius 2 is 2.08 bits per heavy atom. The van der Waals surface area contributed by atoms with E-state index in [1.807, 2.05) is 20.8 Å². The van der Waals surface area contributed by atoms with Crippen molar-refractivity contribution in [3.8, 4) is 12.3 Å². The highest BCUT2D eigenvalue weighted by atomic mass is 32.2. The fraction of sp³-hybridized carbons (Fsp3) is 0.800. The van der Waals surface area contributed by atoms with Crippen molar-refractivity contribution in [3.63, 3.8) is 0 Å². The van der Waals surface area contributed by atoms with Crippen molar-refractivity contribution >= 4 is 11.0 Å². The lowest BCUT2D eigenvalue weighted by Gasteiger charge is -2.21. The molecule has 2 nitrogen and oxygen atoms in total. The van der Waals surface area contributed by atoms with Gasteiger partial charge >= 0.3 is 0 Å². The van der Waals surface area contributed by atoms with Crippen molar-refractivity contribution in [2.75, 3.05) is 0 Å². The predicted octanol–water partition coefficient (Wildman–Crippen LogP) is 1.84. The summed E-state index contributed by atoms with van der Waals surface area (Å²) in [4.78, 5) is 0. The lowest BCUT2D eigenvalue weighted by Crippen LogP contribution is -2.39. The number of rotatable bonds is 4. The quantitative estimate of drug-likeness (QED) is 0.691. The van der Waals surface area contributed by atoms with Crippen LogP contribution in [0, 0.1) is 12.3 Å². The Labute approximate surface area is 84.1 Å². The molecule has 0 aliphatic rings. The normalized spacial score (nSPS) is 16.2. The van der Waals surface area contributed by atoms with Crippen LogP contribution in [0.3, 0.4) is 0 Å². The zero-order valence-electron chi connectivity index (χ0n) is 8.89. The maximum absolute atomic E-state index is 11.6. The van der Waals surface area contributed by atoms with E-state index in [1.165, 1.54) is 0 Å². The molecule has 1 N–H and O–H groups in total. The van der Waals surface area contributed by atoms with Crippen LogP contribution in [-0.4, -0.2) is 15.0 Å². The SMILES string of the molecule is C#CC(CCC)NS(=O)C(C)(C)C. The van der Waals surface area contributed by atoms with Crippen LogP contribution in [0.2, 0.25) is 0 Å². The molecule has 0 saturated carbocycles. The Morgan fingerprint density at radius 3 is 2.38 bits per heavy atom. The Morgan fingerprint density at radius 1 is 1.54 bits per heavy atom. The minimum absolute atomic E-state index is 0.0648. The van der Waals surface area contributed by atoms with Gasteiger partial charge in [-0.25, -0.2) is 8.93 Å². The second-order valence-electron chi connectivity index (χ2n) is 4.01. The molecule has 3 heteroatoms. The molecule has 0 bridgehead atoms. The molecule has 0 aromatic rings. The van der Waals surface area contributed by atoms with Gasteiger partial charge in [-0.3, -0.25) is 0 Å². The van der Waals surface area contributed by atoms with Gasteiger partial charge in [0.25, 0.3) is 0 Å². The van der Waals surface area contributed by atoms with Crippen molar-refractivity contribution in [2.45, 2.75) is 51.3 Å². The third-order valence-electron chi connectivity index (χ3n) is 1.58. The van der Waals surface area contributed by atoms with Crippen molar-refractivity contribution in [3.05, 3.63) is 0 Å². The third kappa shape index (κ3) is 5.07. The summed E-state index contributed by atoms with van der Waals surface area (Å²) in [6, 6.07) is -0.0648.